The zero-order chi connectivity index (χ0) is 9.23. The largest absolute Gasteiger partial charge is 0.394 e. The Kier molecular flexibility index (Phi) is 8.05. The van der Waals surface area contributed by atoms with E-state index < -0.39 is 0 Å². The number of hydrogen-bond donors (Lipinski definition) is 1. The molecule has 0 fully saturated rings. The van der Waals surface area contributed by atoms with Crippen molar-refractivity contribution in [1.29, 1.82) is 0 Å². The predicted octanol–water partition coefficient (Wildman–Crippen LogP) is -0.136. The van der Waals surface area contributed by atoms with Crippen LogP contribution in [0.4, 0.5) is 0 Å². The van der Waals surface area contributed by atoms with E-state index in [0.29, 0.717) is 13.2 Å². The van der Waals surface area contributed by atoms with Crippen LogP contribution in [0.3, 0.4) is 0 Å². The molecule has 12 heavy (non-hydrogen) atoms. The highest BCUT2D eigenvalue weighted by Crippen LogP contribution is 1.88. The number of aliphatic hydroxyl groups is 1. The van der Waals surface area contributed by atoms with Gasteiger partial charge in [0.1, 0.15) is 0 Å². The van der Waals surface area contributed by atoms with E-state index in [1.807, 2.05) is 6.92 Å². The molecule has 0 spiro atoms. The average molecular weight is 175 g/mol. The molecule has 4 heteroatoms. The molecular weight excluding hydrogens is 158 g/mol. The first-order chi connectivity index (χ1) is 5.85. The summed E-state index contributed by atoms with van der Waals surface area (Å²) in [5, 5.41) is 8.38. The maximum Gasteiger partial charge on any atom is 0.209 e. The van der Waals surface area contributed by atoms with E-state index >= 15 is 0 Å². The molecule has 4 nitrogen and oxygen atoms in total. The Morgan fingerprint density at radius 3 is 2.75 bits per heavy atom. The fourth-order valence-electron chi connectivity index (χ4n) is 0.822. The van der Waals surface area contributed by atoms with Gasteiger partial charge in [-0.15, -0.1) is 0 Å². The lowest BCUT2D eigenvalue weighted by atomic mass is 10.4. The smallest absolute Gasteiger partial charge is 0.209 e. The molecule has 1 amide bonds. The molecule has 0 rings (SSSR count). The Balaban J connectivity index is 3.12. The van der Waals surface area contributed by atoms with Crippen LogP contribution >= 0.6 is 0 Å². The number of carbonyl (C=O) groups excluding carboxylic acids is 1. The Labute approximate surface area is 73.1 Å². The van der Waals surface area contributed by atoms with E-state index in [1.54, 1.807) is 4.90 Å². The van der Waals surface area contributed by atoms with Gasteiger partial charge in [-0.3, -0.25) is 4.79 Å². The summed E-state index contributed by atoms with van der Waals surface area (Å²) in [7, 11) is 0. The molecular formula is C8H17NO3. The van der Waals surface area contributed by atoms with Crippen LogP contribution in [0.5, 0.6) is 0 Å². The summed E-state index contributed by atoms with van der Waals surface area (Å²) in [6.07, 6.45) is 1.67. The van der Waals surface area contributed by atoms with Crippen molar-refractivity contribution in [1.82, 2.24) is 4.90 Å². The second kappa shape index (κ2) is 8.49. The number of rotatable bonds is 8. The predicted molar refractivity (Wildman–Crippen MR) is 45.8 cm³/mol. The Bertz CT molecular complexity index is 108. The molecule has 0 saturated carbocycles. The number of hydrogen-bond acceptors (Lipinski definition) is 3. The average Bonchev–Trinajstić information content (AvgIpc) is 2.11. The Hall–Kier alpha value is -0.610. The zero-order valence-electron chi connectivity index (χ0n) is 7.53. The third kappa shape index (κ3) is 6.12. The van der Waals surface area contributed by atoms with Gasteiger partial charge < -0.3 is 14.7 Å². The topological polar surface area (TPSA) is 49.8 Å². The van der Waals surface area contributed by atoms with Gasteiger partial charge in [0.25, 0.3) is 0 Å². The van der Waals surface area contributed by atoms with Gasteiger partial charge in [0.05, 0.1) is 13.2 Å². The standard InChI is InChI=1S/C8H17NO3/c1-2-9(8-11)4-3-6-12-7-5-10/h8,10H,2-7H2,1H3. The fraction of sp³-hybridized carbons (Fsp3) is 0.875. The van der Waals surface area contributed by atoms with Crippen LogP contribution in [0.15, 0.2) is 0 Å². The van der Waals surface area contributed by atoms with Gasteiger partial charge in [-0.05, 0) is 13.3 Å². The van der Waals surface area contributed by atoms with E-state index in [0.717, 1.165) is 25.9 Å². The van der Waals surface area contributed by atoms with Gasteiger partial charge in [0.15, 0.2) is 0 Å². The minimum atomic E-state index is 0.0607. The number of ether oxygens (including phenoxy) is 1. The lowest BCUT2D eigenvalue weighted by molar-refractivity contribution is -0.118. The van der Waals surface area contributed by atoms with Crippen molar-refractivity contribution in [2.45, 2.75) is 13.3 Å². The lowest BCUT2D eigenvalue weighted by Crippen LogP contribution is -2.23. The van der Waals surface area contributed by atoms with Gasteiger partial charge in [0, 0.05) is 19.7 Å². The van der Waals surface area contributed by atoms with E-state index in [-0.39, 0.29) is 6.61 Å². The normalized spacial score (nSPS) is 9.83. The van der Waals surface area contributed by atoms with Crippen molar-refractivity contribution >= 4 is 6.41 Å². The summed E-state index contributed by atoms with van der Waals surface area (Å²) in [5.41, 5.74) is 0. The molecule has 72 valence electrons. The van der Waals surface area contributed by atoms with Crippen molar-refractivity contribution in [3.8, 4) is 0 Å². The molecule has 0 aromatic carbocycles. The molecule has 0 unspecified atom stereocenters. The monoisotopic (exact) mass is 175 g/mol. The molecule has 0 aliphatic carbocycles. The molecule has 0 aromatic heterocycles. The first kappa shape index (κ1) is 11.4. The van der Waals surface area contributed by atoms with E-state index in [1.165, 1.54) is 0 Å². The van der Waals surface area contributed by atoms with Gasteiger partial charge >= 0.3 is 0 Å². The summed E-state index contributed by atoms with van der Waals surface area (Å²) < 4.78 is 5.03. The molecule has 0 radical (unpaired) electrons. The first-order valence-corrected chi connectivity index (χ1v) is 4.23. The molecule has 0 aliphatic rings. The van der Waals surface area contributed by atoms with Crippen LogP contribution in [-0.4, -0.2) is 49.3 Å². The molecule has 0 aromatic rings. The van der Waals surface area contributed by atoms with Gasteiger partial charge in [-0.25, -0.2) is 0 Å². The molecule has 0 heterocycles. The highest BCUT2D eigenvalue weighted by molar-refractivity contribution is 5.46. The minimum Gasteiger partial charge on any atom is -0.394 e. The Morgan fingerprint density at radius 1 is 1.50 bits per heavy atom. The molecule has 0 saturated heterocycles. The van der Waals surface area contributed by atoms with E-state index in [2.05, 4.69) is 0 Å². The third-order valence-electron chi connectivity index (χ3n) is 1.52. The summed E-state index contributed by atoms with van der Waals surface area (Å²) in [6.45, 7) is 4.45. The van der Waals surface area contributed by atoms with E-state index in [9.17, 15) is 4.79 Å². The van der Waals surface area contributed by atoms with Crippen LogP contribution in [0.2, 0.25) is 0 Å². The van der Waals surface area contributed by atoms with Gasteiger partial charge in [0.2, 0.25) is 6.41 Å². The van der Waals surface area contributed by atoms with Crippen molar-refractivity contribution < 1.29 is 14.6 Å². The van der Waals surface area contributed by atoms with Gasteiger partial charge in [-0.1, -0.05) is 0 Å². The highest BCUT2D eigenvalue weighted by Gasteiger charge is 1.96. The second-order valence-electron chi connectivity index (χ2n) is 2.42. The van der Waals surface area contributed by atoms with Crippen molar-refractivity contribution in [3.05, 3.63) is 0 Å². The van der Waals surface area contributed by atoms with E-state index in [4.69, 9.17) is 9.84 Å². The van der Waals surface area contributed by atoms with Crippen LogP contribution in [0.1, 0.15) is 13.3 Å². The summed E-state index contributed by atoms with van der Waals surface area (Å²) >= 11 is 0. The maximum atomic E-state index is 10.3. The lowest BCUT2D eigenvalue weighted by Gasteiger charge is -2.13. The van der Waals surface area contributed by atoms with Crippen LogP contribution < -0.4 is 0 Å². The number of amides is 1. The fourth-order valence-corrected chi connectivity index (χ4v) is 0.822. The summed E-state index contributed by atoms with van der Waals surface area (Å²) in [4.78, 5) is 12.0. The first-order valence-electron chi connectivity index (χ1n) is 4.23. The number of aliphatic hydroxyl groups excluding tert-OH is 1. The Morgan fingerprint density at radius 2 is 2.25 bits per heavy atom. The highest BCUT2D eigenvalue weighted by atomic mass is 16.5. The van der Waals surface area contributed by atoms with Crippen molar-refractivity contribution in [3.63, 3.8) is 0 Å². The minimum absolute atomic E-state index is 0.0607. The van der Waals surface area contributed by atoms with Crippen LogP contribution in [0.25, 0.3) is 0 Å². The molecule has 0 aliphatic heterocycles. The number of nitrogens with zero attached hydrogens (tertiary/aromatic N) is 1. The molecule has 0 bridgehead atoms. The van der Waals surface area contributed by atoms with Crippen LogP contribution in [-0.2, 0) is 9.53 Å². The van der Waals surface area contributed by atoms with Crippen LogP contribution in [0, 0.1) is 0 Å². The zero-order valence-corrected chi connectivity index (χ0v) is 7.53. The SMILES string of the molecule is CCN(C=O)CCCOCCO. The molecule has 1 N–H and O–H groups in total. The summed E-state index contributed by atoms with van der Waals surface area (Å²) in [5.74, 6) is 0. The third-order valence-corrected chi connectivity index (χ3v) is 1.52. The quantitative estimate of drug-likeness (QED) is 0.413. The van der Waals surface area contributed by atoms with Gasteiger partial charge in [-0.2, -0.15) is 0 Å². The summed E-state index contributed by atoms with van der Waals surface area (Å²) in [6, 6.07) is 0. The van der Waals surface area contributed by atoms with Crippen molar-refractivity contribution in [2.75, 3.05) is 32.9 Å². The second-order valence-corrected chi connectivity index (χ2v) is 2.42. The number of carbonyl (C=O) groups is 1. The van der Waals surface area contributed by atoms with Crippen molar-refractivity contribution in [2.24, 2.45) is 0 Å². The maximum absolute atomic E-state index is 10.3. The molecule has 0 atom stereocenters.